The fourth-order valence-corrected chi connectivity index (χ4v) is 5.64. The van der Waals surface area contributed by atoms with E-state index in [0.717, 1.165) is 51.7 Å². The number of piperidine rings is 1. The van der Waals surface area contributed by atoms with Gasteiger partial charge in [0.25, 0.3) is 0 Å². The predicted molar refractivity (Wildman–Crippen MR) is 129 cm³/mol. The minimum atomic E-state index is -0.492. The molecular weight excluding hydrogens is 400 g/mol. The Bertz CT molecular complexity index is 782. The lowest BCUT2D eigenvalue weighted by molar-refractivity contribution is -0.139. The standard InChI is InChI=1S/C26H40N4O2/c1-29-15-9-10-20-18-21(13-14-23(20)29)24(30-16-7-4-8-17-30)19-27-25(31)26(32)28-22-11-5-2-3-6-12-22/h13-14,18,22,24H,2-12,15-17,19H2,1H3,(H,27,31)(H,28,32). The molecule has 6 nitrogen and oxygen atoms in total. The van der Waals surface area contributed by atoms with E-state index in [4.69, 9.17) is 0 Å². The highest BCUT2D eigenvalue weighted by Gasteiger charge is 2.26. The quantitative estimate of drug-likeness (QED) is 0.543. The predicted octanol–water partition coefficient (Wildman–Crippen LogP) is 3.55. The van der Waals surface area contributed by atoms with Crippen molar-refractivity contribution >= 4 is 17.5 Å². The molecule has 176 valence electrons. The van der Waals surface area contributed by atoms with Crippen molar-refractivity contribution in [3.63, 3.8) is 0 Å². The lowest BCUT2D eigenvalue weighted by Gasteiger charge is -2.36. The number of rotatable bonds is 5. The number of likely N-dealkylation sites (tertiary alicyclic amines) is 1. The average Bonchev–Trinajstić information content (AvgIpc) is 3.08. The van der Waals surface area contributed by atoms with Crippen LogP contribution in [0.2, 0.25) is 0 Å². The van der Waals surface area contributed by atoms with Gasteiger partial charge in [0.2, 0.25) is 0 Å². The van der Waals surface area contributed by atoms with Crippen molar-refractivity contribution < 1.29 is 9.59 Å². The number of nitrogens with one attached hydrogen (secondary N) is 2. The number of carbonyl (C=O) groups is 2. The monoisotopic (exact) mass is 440 g/mol. The van der Waals surface area contributed by atoms with Crippen molar-refractivity contribution in [1.29, 1.82) is 0 Å². The third kappa shape index (κ3) is 5.83. The van der Waals surface area contributed by atoms with E-state index in [1.54, 1.807) is 0 Å². The van der Waals surface area contributed by atoms with E-state index in [0.29, 0.717) is 6.54 Å². The van der Waals surface area contributed by atoms with E-state index < -0.39 is 11.8 Å². The van der Waals surface area contributed by atoms with Crippen LogP contribution in [0.1, 0.15) is 81.4 Å². The molecule has 0 aromatic heterocycles. The third-order valence-corrected chi connectivity index (χ3v) is 7.52. The van der Waals surface area contributed by atoms with Gasteiger partial charge in [0.15, 0.2) is 0 Å². The first-order valence-electron chi connectivity index (χ1n) is 12.8. The summed E-state index contributed by atoms with van der Waals surface area (Å²) in [5, 5.41) is 5.95. The highest BCUT2D eigenvalue weighted by Crippen LogP contribution is 2.31. The van der Waals surface area contributed by atoms with Gasteiger partial charge in [0.1, 0.15) is 0 Å². The van der Waals surface area contributed by atoms with Crippen molar-refractivity contribution in [2.75, 3.05) is 38.1 Å². The van der Waals surface area contributed by atoms with E-state index in [1.165, 1.54) is 55.3 Å². The summed E-state index contributed by atoms with van der Waals surface area (Å²) in [5.41, 5.74) is 3.98. The molecule has 1 atom stereocenters. The van der Waals surface area contributed by atoms with Crippen LogP contribution in [0.3, 0.4) is 0 Å². The number of hydrogen-bond acceptors (Lipinski definition) is 4. The largest absolute Gasteiger partial charge is 0.374 e. The molecule has 2 fully saturated rings. The van der Waals surface area contributed by atoms with E-state index in [1.807, 2.05) is 0 Å². The molecule has 1 unspecified atom stereocenters. The molecule has 1 saturated heterocycles. The lowest BCUT2D eigenvalue weighted by atomic mass is 9.95. The van der Waals surface area contributed by atoms with Crippen molar-refractivity contribution in [3.8, 4) is 0 Å². The maximum Gasteiger partial charge on any atom is 0.309 e. The molecule has 1 aromatic carbocycles. The molecule has 0 radical (unpaired) electrons. The molecule has 32 heavy (non-hydrogen) atoms. The van der Waals surface area contributed by atoms with Crippen LogP contribution in [-0.4, -0.2) is 56.0 Å². The summed E-state index contributed by atoms with van der Waals surface area (Å²) in [7, 11) is 2.16. The number of anilines is 1. The first-order chi connectivity index (χ1) is 15.6. The Morgan fingerprint density at radius 2 is 1.66 bits per heavy atom. The molecule has 2 N–H and O–H groups in total. The topological polar surface area (TPSA) is 64.7 Å². The minimum absolute atomic E-state index is 0.113. The van der Waals surface area contributed by atoms with Gasteiger partial charge >= 0.3 is 11.8 Å². The van der Waals surface area contributed by atoms with Gasteiger partial charge in [-0.05, 0) is 68.8 Å². The first-order valence-corrected chi connectivity index (χ1v) is 12.8. The highest BCUT2D eigenvalue weighted by atomic mass is 16.2. The van der Waals surface area contributed by atoms with E-state index in [2.05, 4.69) is 45.7 Å². The molecule has 4 rings (SSSR count). The SMILES string of the molecule is CN1CCCc2cc(C(CNC(=O)C(=O)NC3CCCCCC3)N3CCCCC3)ccc21. The summed E-state index contributed by atoms with van der Waals surface area (Å²) >= 11 is 0. The molecular formula is C26H40N4O2. The number of aryl methyl sites for hydroxylation is 1. The molecule has 2 heterocycles. The zero-order chi connectivity index (χ0) is 22.3. The van der Waals surface area contributed by atoms with Crippen LogP contribution in [0.4, 0.5) is 5.69 Å². The summed E-state index contributed by atoms with van der Waals surface area (Å²) in [6.07, 6.45) is 12.6. The minimum Gasteiger partial charge on any atom is -0.374 e. The van der Waals surface area contributed by atoms with Gasteiger partial charge in [-0.2, -0.15) is 0 Å². The molecule has 2 aliphatic heterocycles. The second kappa shape index (κ2) is 11.2. The summed E-state index contributed by atoms with van der Waals surface area (Å²) < 4.78 is 0. The average molecular weight is 441 g/mol. The maximum atomic E-state index is 12.6. The maximum absolute atomic E-state index is 12.6. The summed E-state index contributed by atoms with van der Waals surface area (Å²) in [6.45, 7) is 3.68. The number of fused-ring (bicyclic) bond motifs is 1. The van der Waals surface area contributed by atoms with Crippen LogP contribution < -0.4 is 15.5 Å². The molecule has 1 aliphatic carbocycles. The highest BCUT2D eigenvalue weighted by molar-refractivity contribution is 6.35. The Labute approximate surface area is 193 Å². The number of amides is 2. The molecule has 3 aliphatic rings. The Balaban J connectivity index is 1.42. The Kier molecular flexibility index (Phi) is 8.06. The van der Waals surface area contributed by atoms with Gasteiger partial charge in [-0.25, -0.2) is 0 Å². The van der Waals surface area contributed by atoms with E-state index >= 15 is 0 Å². The molecule has 6 heteroatoms. The fourth-order valence-electron chi connectivity index (χ4n) is 5.64. The van der Waals surface area contributed by atoms with E-state index in [-0.39, 0.29) is 12.1 Å². The van der Waals surface area contributed by atoms with Crippen LogP contribution in [-0.2, 0) is 16.0 Å². The third-order valence-electron chi connectivity index (χ3n) is 7.52. The van der Waals surface area contributed by atoms with Gasteiger partial charge < -0.3 is 15.5 Å². The van der Waals surface area contributed by atoms with Gasteiger partial charge in [0.05, 0.1) is 6.04 Å². The summed E-state index contributed by atoms with van der Waals surface area (Å²) in [5.74, 6) is -0.963. The van der Waals surface area contributed by atoms with Gasteiger partial charge in [0, 0.05) is 31.9 Å². The molecule has 0 spiro atoms. The number of hydrogen-bond donors (Lipinski definition) is 2. The Morgan fingerprint density at radius 3 is 2.41 bits per heavy atom. The second-order valence-electron chi connectivity index (χ2n) is 9.90. The molecule has 1 aromatic rings. The van der Waals surface area contributed by atoms with Gasteiger partial charge in [-0.15, -0.1) is 0 Å². The van der Waals surface area contributed by atoms with Crippen LogP contribution in [0.5, 0.6) is 0 Å². The van der Waals surface area contributed by atoms with Gasteiger partial charge in [-0.1, -0.05) is 44.2 Å². The van der Waals surface area contributed by atoms with Crippen molar-refractivity contribution in [3.05, 3.63) is 29.3 Å². The zero-order valence-corrected chi connectivity index (χ0v) is 19.7. The van der Waals surface area contributed by atoms with Crippen LogP contribution in [0.15, 0.2) is 18.2 Å². The van der Waals surface area contributed by atoms with E-state index in [9.17, 15) is 9.59 Å². The van der Waals surface area contributed by atoms with Crippen molar-refractivity contribution in [2.45, 2.75) is 82.7 Å². The zero-order valence-electron chi connectivity index (χ0n) is 19.7. The van der Waals surface area contributed by atoms with Crippen LogP contribution in [0, 0.1) is 0 Å². The summed E-state index contributed by atoms with van der Waals surface area (Å²) in [4.78, 5) is 30.0. The first kappa shape index (κ1) is 23.1. The normalized spacial score (nSPS) is 21.3. The molecule has 1 saturated carbocycles. The van der Waals surface area contributed by atoms with Crippen molar-refractivity contribution in [1.82, 2.24) is 15.5 Å². The molecule has 0 bridgehead atoms. The van der Waals surface area contributed by atoms with Gasteiger partial charge in [-0.3, -0.25) is 14.5 Å². The number of carbonyl (C=O) groups excluding carboxylic acids is 2. The second-order valence-corrected chi connectivity index (χ2v) is 9.90. The molecule has 2 amide bonds. The Hall–Kier alpha value is -2.08. The smallest absolute Gasteiger partial charge is 0.309 e. The van der Waals surface area contributed by atoms with Crippen molar-refractivity contribution in [2.24, 2.45) is 0 Å². The lowest BCUT2D eigenvalue weighted by Crippen LogP contribution is -2.47. The summed E-state index contributed by atoms with van der Waals surface area (Å²) in [6, 6.07) is 7.05. The Morgan fingerprint density at radius 1 is 0.938 bits per heavy atom. The van der Waals surface area contributed by atoms with Crippen LogP contribution in [0.25, 0.3) is 0 Å². The number of nitrogens with zero attached hydrogens (tertiary/aromatic N) is 2. The fraction of sp³-hybridized carbons (Fsp3) is 0.692. The van der Waals surface area contributed by atoms with Crippen LogP contribution >= 0.6 is 0 Å². The number of benzene rings is 1.